The van der Waals surface area contributed by atoms with Gasteiger partial charge in [0.25, 0.3) is 0 Å². The SMILES string of the molecule is COc1ccc2cc([C@H](C)C(=O)O)ccc2c1.O=C(O)Cc1ccccc1Nc1c(Cl)cccc1Cl. The average molecular weight is 526 g/mol. The molecule has 0 saturated carbocycles. The molecular weight excluding hydrogens is 501 g/mol. The van der Waals surface area contributed by atoms with E-state index >= 15 is 0 Å². The second kappa shape index (κ2) is 12.3. The van der Waals surface area contributed by atoms with Crippen molar-refractivity contribution in [1.82, 2.24) is 0 Å². The van der Waals surface area contributed by atoms with Crippen LogP contribution in [0.25, 0.3) is 10.8 Å². The van der Waals surface area contributed by atoms with Crippen molar-refractivity contribution in [3.63, 3.8) is 0 Å². The first kappa shape index (κ1) is 26.9. The molecule has 4 rings (SSSR count). The number of ether oxygens (including phenoxy) is 1. The fourth-order valence-corrected chi connectivity index (χ4v) is 3.98. The number of para-hydroxylation sites is 2. The van der Waals surface area contributed by atoms with Crippen molar-refractivity contribution in [1.29, 1.82) is 0 Å². The molecule has 0 aliphatic heterocycles. The molecule has 186 valence electrons. The Hall–Kier alpha value is -3.74. The van der Waals surface area contributed by atoms with E-state index in [1.807, 2.05) is 42.5 Å². The average Bonchev–Trinajstić information content (AvgIpc) is 2.86. The van der Waals surface area contributed by atoms with Crippen LogP contribution < -0.4 is 10.1 Å². The Balaban J connectivity index is 0.000000202. The molecule has 0 aliphatic carbocycles. The van der Waals surface area contributed by atoms with Crippen molar-refractivity contribution >= 4 is 57.3 Å². The van der Waals surface area contributed by atoms with Crippen LogP contribution >= 0.6 is 23.2 Å². The van der Waals surface area contributed by atoms with Gasteiger partial charge in [0, 0.05) is 5.69 Å². The maximum atomic E-state index is 10.9. The van der Waals surface area contributed by atoms with Crippen molar-refractivity contribution in [2.75, 3.05) is 12.4 Å². The summed E-state index contributed by atoms with van der Waals surface area (Å²) in [6, 6.07) is 23.8. The zero-order valence-electron chi connectivity index (χ0n) is 19.7. The fourth-order valence-electron chi connectivity index (χ4n) is 3.49. The zero-order chi connectivity index (χ0) is 26.2. The summed E-state index contributed by atoms with van der Waals surface area (Å²) >= 11 is 12.1. The molecule has 0 spiro atoms. The number of halogens is 2. The number of benzene rings is 4. The van der Waals surface area contributed by atoms with Crippen LogP contribution in [0.3, 0.4) is 0 Å². The molecule has 0 aliphatic rings. The minimum Gasteiger partial charge on any atom is -0.497 e. The number of fused-ring (bicyclic) bond motifs is 1. The van der Waals surface area contributed by atoms with Crippen molar-refractivity contribution < 1.29 is 24.5 Å². The molecular formula is C28H25Cl2NO5. The van der Waals surface area contributed by atoms with Gasteiger partial charge in [0.15, 0.2) is 0 Å². The number of carboxylic acid groups (broad SMARTS) is 2. The lowest BCUT2D eigenvalue weighted by Crippen LogP contribution is -2.06. The van der Waals surface area contributed by atoms with Gasteiger partial charge in [-0.25, -0.2) is 0 Å². The molecule has 36 heavy (non-hydrogen) atoms. The number of nitrogens with one attached hydrogen (secondary N) is 1. The van der Waals surface area contributed by atoms with Crippen molar-refractivity contribution in [3.8, 4) is 5.75 Å². The summed E-state index contributed by atoms with van der Waals surface area (Å²) in [6.07, 6.45) is -0.0642. The summed E-state index contributed by atoms with van der Waals surface area (Å²) in [6.45, 7) is 1.69. The van der Waals surface area contributed by atoms with Crippen LogP contribution in [0.2, 0.25) is 10.0 Å². The maximum Gasteiger partial charge on any atom is 0.310 e. The third-order valence-corrected chi connectivity index (χ3v) is 6.15. The number of carbonyl (C=O) groups is 2. The molecule has 6 nitrogen and oxygen atoms in total. The van der Waals surface area contributed by atoms with Crippen molar-refractivity contribution in [3.05, 3.63) is 100 Å². The quantitative estimate of drug-likeness (QED) is 0.232. The number of aliphatic carboxylic acids is 2. The van der Waals surface area contributed by atoms with E-state index in [2.05, 4.69) is 5.32 Å². The molecule has 0 heterocycles. The highest BCUT2D eigenvalue weighted by atomic mass is 35.5. The predicted molar refractivity (Wildman–Crippen MR) is 144 cm³/mol. The maximum absolute atomic E-state index is 10.9. The Bertz CT molecular complexity index is 1370. The van der Waals surface area contributed by atoms with Gasteiger partial charge >= 0.3 is 11.9 Å². The van der Waals surface area contributed by atoms with Crippen LogP contribution in [-0.4, -0.2) is 29.3 Å². The second-order valence-electron chi connectivity index (χ2n) is 7.98. The summed E-state index contributed by atoms with van der Waals surface area (Å²) < 4.78 is 5.14. The number of carboxylic acids is 2. The second-order valence-corrected chi connectivity index (χ2v) is 8.80. The summed E-state index contributed by atoms with van der Waals surface area (Å²) in [4.78, 5) is 21.7. The Labute approximate surface area is 219 Å². The van der Waals surface area contributed by atoms with Gasteiger partial charge in [-0.1, -0.05) is 71.7 Å². The first-order chi connectivity index (χ1) is 17.2. The highest BCUT2D eigenvalue weighted by Gasteiger charge is 2.14. The zero-order valence-corrected chi connectivity index (χ0v) is 21.2. The van der Waals surface area contributed by atoms with E-state index in [0.717, 1.165) is 22.1 Å². The summed E-state index contributed by atoms with van der Waals surface area (Å²) in [5.41, 5.74) is 2.74. The van der Waals surface area contributed by atoms with Crippen molar-refractivity contribution in [2.24, 2.45) is 0 Å². The van der Waals surface area contributed by atoms with Gasteiger partial charge in [-0.2, -0.15) is 0 Å². The van der Waals surface area contributed by atoms with Crippen LogP contribution in [-0.2, 0) is 16.0 Å². The lowest BCUT2D eigenvalue weighted by Gasteiger charge is -2.13. The van der Waals surface area contributed by atoms with Crippen LogP contribution in [0.15, 0.2) is 78.9 Å². The summed E-state index contributed by atoms with van der Waals surface area (Å²) in [7, 11) is 1.63. The molecule has 0 fully saturated rings. The minimum atomic E-state index is -0.889. The van der Waals surface area contributed by atoms with Gasteiger partial charge in [-0.3, -0.25) is 9.59 Å². The topological polar surface area (TPSA) is 95.9 Å². The largest absolute Gasteiger partial charge is 0.497 e. The summed E-state index contributed by atoms with van der Waals surface area (Å²) in [5, 5.41) is 24.0. The molecule has 0 unspecified atom stereocenters. The molecule has 0 bridgehead atoms. The standard InChI is InChI=1S/C14H11Cl2NO2.C14H14O3/c15-10-5-3-6-11(16)14(10)17-12-7-2-1-4-9(12)8-13(18)19;1-9(14(15)16)10-3-4-12-8-13(17-2)6-5-11(12)7-10/h1-7,17H,8H2,(H,18,19);3-9H,1-2H3,(H,15,16)/t;9-/m.0/s1. The smallest absolute Gasteiger partial charge is 0.310 e. The summed E-state index contributed by atoms with van der Waals surface area (Å²) in [5.74, 6) is -1.38. The van der Waals surface area contributed by atoms with E-state index in [1.165, 1.54) is 0 Å². The van der Waals surface area contributed by atoms with Gasteiger partial charge in [0.1, 0.15) is 5.75 Å². The molecule has 0 saturated heterocycles. The molecule has 0 amide bonds. The molecule has 8 heteroatoms. The van der Waals surface area contributed by atoms with Crippen LogP contribution in [0.5, 0.6) is 5.75 Å². The number of hydrogen-bond donors (Lipinski definition) is 3. The van der Waals surface area contributed by atoms with Gasteiger partial charge in [-0.05, 0) is 59.2 Å². The number of methoxy groups -OCH3 is 1. The van der Waals surface area contributed by atoms with E-state index in [9.17, 15) is 9.59 Å². The predicted octanol–water partition coefficient (Wildman–Crippen LogP) is 7.40. The molecule has 4 aromatic rings. The van der Waals surface area contributed by atoms with Crippen molar-refractivity contribution in [2.45, 2.75) is 19.3 Å². The molecule has 4 aromatic carbocycles. The minimum absolute atomic E-state index is 0.0642. The number of rotatable bonds is 7. The third-order valence-electron chi connectivity index (χ3n) is 5.52. The molecule has 1 atom stereocenters. The highest BCUT2D eigenvalue weighted by Crippen LogP contribution is 2.33. The fraction of sp³-hybridized carbons (Fsp3) is 0.143. The van der Waals surface area contributed by atoms with Gasteiger partial charge in [0.05, 0.1) is 35.2 Å². The molecule has 0 radical (unpaired) electrons. The Morgan fingerprint density at radius 2 is 1.53 bits per heavy atom. The van der Waals surface area contributed by atoms with E-state index in [-0.39, 0.29) is 6.42 Å². The molecule has 3 N–H and O–H groups in total. The van der Waals surface area contributed by atoms with Gasteiger partial charge in [0.2, 0.25) is 0 Å². The van der Waals surface area contributed by atoms with Crippen LogP contribution in [0.4, 0.5) is 11.4 Å². The monoisotopic (exact) mass is 525 g/mol. The first-order valence-electron chi connectivity index (χ1n) is 11.0. The third kappa shape index (κ3) is 6.90. The number of anilines is 2. The lowest BCUT2D eigenvalue weighted by atomic mass is 9.98. The highest BCUT2D eigenvalue weighted by molar-refractivity contribution is 6.39. The van der Waals surface area contributed by atoms with Crippen LogP contribution in [0, 0.1) is 0 Å². The molecule has 0 aromatic heterocycles. The van der Waals surface area contributed by atoms with Gasteiger partial charge in [-0.15, -0.1) is 0 Å². The normalized spacial score (nSPS) is 11.2. The Morgan fingerprint density at radius 1 is 0.889 bits per heavy atom. The number of hydrogen-bond acceptors (Lipinski definition) is 4. The van der Waals surface area contributed by atoms with E-state index in [1.54, 1.807) is 50.4 Å². The van der Waals surface area contributed by atoms with E-state index in [0.29, 0.717) is 27.0 Å². The van der Waals surface area contributed by atoms with E-state index in [4.69, 9.17) is 38.2 Å². The Morgan fingerprint density at radius 3 is 2.17 bits per heavy atom. The Kier molecular flexibility index (Phi) is 9.17. The first-order valence-corrected chi connectivity index (χ1v) is 11.8. The lowest BCUT2D eigenvalue weighted by molar-refractivity contribution is -0.138. The van der Waals surface area contributed by atoms with E-state index < -0.39 is 17.9 Å². The van der Waals surface area contributed by atoms with Crippen LogP contribution in [0.1, 0.15) is 24.0 Å². The van der Waals surface area contributed by atoms with Gasteiger partial charge < -0.3 is 20.3 Å².